The van der Waals surface area contributed by atoms with E-state index in [1.165, 1.54) is 11.0 Å². The van der Waals surface area contributed by atoms with Crippen LogP contribution in [0.15, 0.2) is 36.5 Å². The van der Waals surface area contributed by atoms with Crippen LogP contribution in [0.25, 0.3) is 11.0 Å². The van der Waals surface area contributed by atoms with Crippen LogP contribution in [0.3, 0.4) is 0 Å². The minimum absolute atomic E-state index is 0.0160. The number of benzene rings is 1. The first-order chi connectivity index (χ1) is 19.7. The predicted molar refractivity (Wildman–Crippen MR) is 126 cm³/mol. The molecule has 0 spiro atoms. The van der Waals surface area contributed by atoms with Crippen LogP contribution < -0.4 is 24.4 Å². The van der Waals surface area contributed by atoms with Crippen LogP contribution in [-0.4, -0.2) is 71.7 Å². The van der Waals surface area contributed by atoms with Gasteiger partial charge in [0.2, 0.25) is 11.0 Å². The highest BCUT2D eigenvalue weighted by molar-refractivity contribution is 5.94. The lowest BCUT2D eigenvalue weighted by atomic mass is 10.2. The van der Waals surface area contributed by atoms with Gasteiger partial charge >= 0.3 is 30.0 Å². The van der Waals surface area contributed by atoms with Gasteiger partial charge in [0.25, 0.3) is 5.91 Å². The van der Waals surface area contributed by atoms with Crippen LogP contribution in [0.2, 0.25) is 0 Å². The van der Waals surface area contributed by atoms with Crippen LogP contribution in [0.4, 0.5) is 32.3 Å². The number of alkyl halides is 6. The Balaban J connectivity index is 1.27. The van der Waals surface area contributed by atoms with Gasteiger partial charge < -0.3 is 29.5 Å². The smallest absolute Gasteiger partial charge is 0.573 e. The summed E-state index contributed by atoms with van der Waals surface area (Å²) in [5.41, 5.74) is -0.774. The quantitative estimate of drug-likeness (QED) is 0.165. The van der Waals surface area contributed by atoms with E-state index >= 15 is 0 Å². The number of fused-ring (bicyclic) bond motifs is 1. The number of likely N-dealkylation sites (tertiary alicyclic amines) is 1. The number of pyridine rings is 1. The molecule has 1 aliphatic rings. The number of nitrogens with one attached hydrogen (secondary N) is 1. The molecule has 19 heteroatoms. The lowest BCUT2D eigenvalue weighted by Gasteiger charge is -2.17. The Kier molecular flexibility index (Phi) is 8.57. The van der Waals surface area contributed by atoms with Crippen molar-refractivity contribution in [1.29, 1.82) is 0 Å². The second-order valence-electron chi connectivity index (χ2n) is 8.80. The lowest BCUT2D eigenvalue weighted by Crippen LogP contribution is -2.44. The van der Waals surface area contributed by atoms with E-state index in [-0.39, 0.29) is 59.0 Å². The predicted octanol–water partition coefficient (Wildman–Crippen LogP) is 2.00. The van der Waals surface area contributed by atoms with Crippen LogP contribution in [0.5, 0.6) is 11.6 Å². The van der Waals surface area contributed by atoms with Crippen molar-refractivity contribution in [3.05, 3.63) is 52.5 Å². The highest BCUT2D eigenvalue weighted by Crippen LogP contribution is 2.25. The van der Waals surface area contributed by atoms with E-state index in [9.17, 15) is 46.3 Å². The van der Waals surface area contributed by atoms with Gasteiger partial charge in [-0.15, -0.1) is 13.2 Å². The Hall–Kier alpha value is -4.84. The van der Waals surface area contributed by atoms with E-state index in [4.69, 9.17) is 4.74 Å². The van der Waals surface area contributed by atoms with Gasteiger partial charge in [0.15, 0.2) is 12.1 Å². The number of nitrogens with zero attached hydrogens (tertiary/aromatic N) is 5. The fourth-order valence-corrected chi connectivity index (χ4v) is 3.92. The second kappa shape index (κ2) is 12.0. The van der Waals surface area contributed by atoms with Gasteiger partial charge in [0, 0.05) is 35.6 Å². The molecule has 226 valence electrons. The van der Waals surface area contributed by atoms with Crippen molar-refractivity contribution in [2.24, 2.45) is 0 Å². The third-order valence-electron chi connectivity index (χ3n) is 5.69. The molecule has 0 aliphatic carbocycles. The molecule has 1 aromatic carbocycles. The number of anilines is 1. The van der Waals surface area contributed by atoms with Gasteiger partial charge in [-0.3, -0.25) is 14.9 Å². The maximum absolute atomic E-state index is 12.7. The van der Waals surface area contributed by atoms with E-state index in [1.807, 2.05) is 0 Å². The number of rotatable bonds is 9. The molecule has 1 saturated heterocycles. The summed E-state index contributed by atoms with van der Waals surface area (Å²) in [5, 5.41) is 30.6. The molecule has 1 unspecified atom stereocenters. The number of hydrogen-bond acceptors (Lipinski definition) is 10. The molecular weight excluding hydrogens is 586 g/mol. The summed E-state index contributed by atoms with van der Waals surface area (Å²) in [4.78, 5) is 29.9. The van der Waals surface area contributed by atoms with Crippen LogP contribution in [-0.2, 0) is 9.53 Å². The van der Waals surface area contributed by atoms with Crippen molar-refractivity contribution in [3.8, 4) is 11.6 Å². The highest BCUT2D eigenvalue weighted by Gasteiger charge is 2.33. The monoisotopic (exact) mass is 606 g/mol. The summed E-state index contributed by atoms with van der Waals surface area (Å²) in [6, 6.07) is 4.86. The van der Waals surface area contributed by atoms with Gasteiger partial charge in [0.1, 0.15) is 11.9 Å². The molecule has 13 nitrogen and oxygen atoms in total. The summed E-state index contributed by atoms with van der Waals surface area (Å²) < 4.78 is 88.1. The molecule has 1 fully saturated rings. The summed E-state index contributed by atoms with van der Waals surface area (Å²) in [5.74, 6) is -2.87. The zero-order chi connectivity index (χ0) is 30.7. The minimum Gasteiger partial charge on any atom is -0.739 e. The topological polar surface area (TPSA) is 157 Å². The largest absolute Gasteiger partial charge is 0.739 e. The van der Waals surface area contributed by atoms with Gasteiger partial charge in [-0.25, -0.2) is 9.71 Å². The van der Waals surface area contributed by atoms with Crippen molar-refractivity contribution in [1.82, 2.24) is 15.0 Å². The molecule has 1 aliphatic heterocycles. The number of hydrogen-bond donors (Lipinski definition) is 1. The third kappa shape index (κ3) is 7.88. The highest BCUT2D eigenvalue weighted by atomic mass is 19.4. The number of carbonyl (C=O) groups excluding carboxylic acids is 2. The molecule has 1 amide bonds. The molecule has 3 heterocycles. The van der Waals surface area contributed by atoms with Gasteiger partial charge in [-0.1, -0.05) is 0 Å². The molecule has 0 saturated carbocycles. The van der Waals surface area contributed by atoms with E-state index in [0.717, 1.165) is 24.4 Å². The van der Waals surface area contributed by atoms with Gasteiger partial charge in [0.05, 0.1) is 25.6 Å². The molecule has 0 radical (unpaired) electrons. The average molecular weight is 606 g/mol. The summed E-state index contributed by atoms with van der Waals surface area (Å²) in [6.45, 7) is -1.56. The fourth-order valence-electron chi connectivity index (χ4n) is 3.92. The minimum atomic E-state index is -5.01. The molecule has 3 aromatic rings. The Morgan fingerprint density at radius 2 is 1.86 bits per heavy atom. The van der Waals surface area contributed by atoms with Crippen LogP contribution in [0.1, 0.15) is 23.2 Å². The zero-order valence-corrected chi connectivity index (χ0v) is 21.1. The normalized spacial score (nSPS) is 15.5. The second-order valence-corrected chi connectivity index (χ2v) is 8.80. The number of carbonyl (C=O) groups is 2. The molecular formula is C23H20F6N6O7. The van der Waals surface area contributed by atoms with Crippen molar-refractivity contribution in [2.75, 3.05) is 31.6 Å². The number of halogens is 6. The molecule has 4 rings (SSSR count). The van der Waals surface area contributed by atoms with Crippen molar-refractivity contribution < 1.29 is 59.7 Å². The van der Waals surface area contributed by atoms with Crippen LogP contribution in [0, 0.1) is 10.4 Å². The van der Waals surface area contributed by atoms with Gasteiger partial charge in [-0.2, -0.15) is 13.2 Å². The number of ether oxygens (including phenoxy) is 3. The van der Waals surface area contributed by atoms with E-state index in [1.54, 1.807) is 0 Å². The molecule has 42 heavy (non-hydrogen) atoms. The first kappa shape index (κ1) is 30.1. The maximum Gasteiger partial charge on any atom is 0.573 e. The summed E-state index contributed by atoms with van der Waals surface area (Å²) in [7, 11) is 0. The first-order valence-corrected chi connectivity index (χ1v) is 12.0. The van der Waals surface area contributed by atoms with Gasteiger partial charge in [-0.05, 0) is 18.2 Å². The standard InChI is InChI=1S/C23H20F6N6O7/c24-22(25,26)12-40-18-9-13(3-6-30-18)20(37)33-8-5-15(11-33)41-19(36)4-7-31-21-32-35(39)17-10-14(42-23(27,28)29)1-2-16(17)34(21)38/h1-3,6,9-10,15H,4-5,7-8,11-12H2,(H,31,32). The van der Waals surface area contributed by atoms with E-state index in [0.29, 0.717) is 6.07 Å². The summed E-state index contributed by atoms with van der Waals surface area (Å²) >= 11 is 0. The third-order valence-corrected chi connectivity index (χ3v) is 5.69. The Morgan fingerprint density at radius 1 is 1.10 bits per heavy atom. The summed E-state index contributed by atoms with van der Waals surface area (Å²) in [6.07, 6.45) is -9.13. The molecule has 2 aromatic heterocycles. The Labute approximate surface area is 231 Å². The SMILES string of the molecule is O=C(CCNc1n[n+]([O-])c2cc(OC(F)(F)F)ccc2[n+]1[O-])OC1CCN(C(=O)c2ccnc(OCC(F)(F)F)c2)C1. The van der Waals surface area contributed by atoms with E-state index in [2.05, 4.69) is 24.9 Å². The van der Waals surface area contributed by atoms with Crippen molar-refractivity contribution in [3.63, 3.8) is 0 Å². The first-order valence-electron chi connectivity index (χ1n) is 12.0. The maximum atomic E-state index is 12.7. The Morgan fingerprint density at radius 3 is 2.57 bits per heavy atom. The van der Waals surface area contributed by atoms with E-state index < -0.39 is 54.3 Å². The molecule has 0 bridgehead atoms. The molecule has 1 atom stereocenters. The molecule has 1 N–H and O–H groups in total. The van der Waals surface area contributed by atoms with Crippen molar-refractivity contribution in [2.45, 2.75) is 31.5 Å². The fraction of sp³-hybridized carbons (Fsp3) is 0.391. The zero-order valence-electron chi connectivity index (χ0n) is 21.1. The lowest BCUT2D eigenvalue weighted by molar-refractivity contribution is -0.672. The van der Waals surface area contributed by atoms with Crippen LogP contribution >= 0.6 is 0 Å². The Bertz CT molecular complexity index is 1470. The number of esters is 1. The van der Waals surface area contributed by atoms with Crippen molar-refractivity contribution >= 4 is 28.9 Å². The number of aromatic nitrogens is 4. The average Bonchev–Trinajstić information content (AvgIpc) is 3.37. The number of amides is 1.